The highest BCUT2D eigenvalue weighted by atomic mass is 32.2. The summed E-state index contributed by atoms with van der Waals surface area (Å²) >= 11 is 0. The average molecular weight is 315 g/mol. The van der Waals surface area contributed by atoms with Crippen LogP contribution < -0.4 is 10.0 Å². The summed E-state index contributed by atoms with van der Waals surface area (Å²) in [5.41, 5.74) is 0.930. The van der Waals surface area contributed by atoms with Gasteiger partial charge in [0, 0.05) is 18.8 Å². The lowest BCUT2D eigenvalue weighted by atomic mass is 10.1. The number of hydrogen-bond donors (Lipinski definition) is 3. The highest BCUT2D eigenvalue weighted by Crippen LogP contribution is 2.12. The van der Waals surface area contributed by atoms with E-state index in [-0.39, 0.29) is 5.56 Å². The van der Waals surface area contributed by atoms with E-state index >= 15 is 0 Å². The van der Waals surface area contributed by atoms with Gasteiger partial charge in [-0.25, -0.2) is 22.9 Å². The molecular formula is C13H21N3O4S. The van der Waals surface area contributed by atoms with Crippen molar-refractivity contribution in [2.75, 3.05) is 24.7 Å². The van der Waals surface area contributed by atoms with Crippen molar-refractivity contribution in [2.45, 2.75) is 26.2 Å². The average Bonchev–Trinajstić information content (AvgIpc) is 2.37. The minimum absolute atomic E-state index is 0.199. The van der Waals surface area contributed by atoms with Gasteiger partial charge in [-0.3, -0.25) is 0 Å². The number of aryl methyl sites for hydroxylation is 1. The van der Waals surface area contributed by atoms with Gasteiger partial charge in [0.1, 0.15) is 5.82 Å². The molecule has 0 radical (unpaired) electrons. The molecule has 1 aromatic rings. The molecule has 0 aliphatic heterocycles. The normalized spacial score (nSPS) is 11.3. The molecule has 8 heteroatoms. The molecule has 0 unspecified atom stereocenters. The van der Waals surface area contributed by atoms with E-state index in [1.54, 1.807) is 6.07 Å². The van der Waals surface area contributed by atoms with Gasteiger partial charge in [0.05, 0.1) is 11.8 Å². The molecule has 7 nitrogen and oxygen atoms in total. The summed E-state index contributed by atoms with van der Waals surface area (Å²) in [6, 6.07) is 3.05. The molecule has 0 saturated carbocycles. The van der Waals surface area contributed by atoms with Gasteiger partial charge in [0.2, 0.25) is 10.0 Å². The molecule has 0 fully saturated rings. The Balaban J connectivity index is 2.59. The minimum atomic E-state index is -3.17. The van der Waals surface area contributed by atoms with Gasteiger partial charge in [-0.1, -0.05) is 13.3 Å². The Labute approximate surface area is 124 Å². The van der Waals surface area contributed by atoms with E-state index < -0.39 is 16.0 Å². The fourth-order valence-electron chi connectivity index (χ4n) is 1.75. The molecule has 1 heterocycles. The smallest absolute Gasteiger partial charge is 0.335 e. The number of aromatic carboxylic acids is 1. The second-order valence-corrected chi connectivity index (χ2v) is 6.57. The zero-order valence-electron chi connectivity index (χ0n) is 12.2. The fraction of sp³-hybridized carbons (Fsp3) is 0.538. The van der Waals surface area contributed by atoms with Crippen molar-refractivity contribution in [2.24, 2.45) is 0 Å². The molecule has 0 aromatic carbocycles. The van der Waals surface area contributed by atoms with Crippen molar-refractivity contribution in [3.63, 3.8) is 0 Å². The monoisotopic (exact) mass is 315 g/mol. The van der Waals surface area contributed by atoms with Crippen LogP contribution in [0.4, 0.5) is 5.82 Å². The van der Waals surface area contributed by atoms with Gasteiger partial charge < -0.3 is 10.4 Å². The van der Waals surface area contributed by atoms with Crippen LogP contribution in [0.5, 0.6) is 0 Å². The van der Waals surface area contributed by atoms with Gasteiger partial charge in [-0.05, 0) is 25.0 Å². The SMILES string of the molecule is CCCc1cc(C(=O)O)cc(NCCCNS(C)(=O)=O)n1. The van der Waals surface area contributed by atoms with E-state index in [9.17, 15) is 13.2 Å². The maximum Gasteiger partial charge on any atom is 0.335 e. The molecule has 0 spiro atoms. The maximum absolute atomic E-state index is 11.1. The number of nitrogens with one attached hydrogen (secondary N) is 2. The maximum atomic E-state index is 11.1. The molecule has 0 atom stereocenters. The number of pyridine rings is 1. The predicted octanol–water partition coefficient (Wildman–Crippen LogP) is 1.08. The van der Waals surface area contributed by atoms with Crippen LogP contribution in [0.25, 0.3) is 0 Å². The van der Waals surface area contributed by atoms with Crippen molar-refractivity contribution < 1.29 is 18.3 Å². The van der Waals surface area contributed by atoms with E-state index in [0.717, 1.165) is 18.4 Å². The quantitative estimate of drug-likeness (QED) is 0.589. The number of aromatic nitrogens is 1. The Hall–Kier alpha value is -1.67. The predicted molar refractivity (Wildman–Crippen MR) is 81.1 cm³/mol. The first-order chi connectivity index (χ1) is 9.81. The van der Waals surface area contributed by atoms with Crippen molar-refractivity contribution >= 4 is 21.8 Å². The summed E-state index contributed by atoms with van der Waals surface area (Å²) in [5, 5.41) is 12.1. The van der Waals surface area contributed by atoms with Crippen molar-refractivity contribution in [3.05, 3.63) is 23.4 Å². The Morgan fingerprint density at radius 3 is 2.62 bits per heavy atom. The Bertz CT molecular complexity index is 587. The molecular weight excluding hydrogens is 294 g/mol. The van der Waals surface area contributed by atoms with Gasteiger partial charge in [0.25, 0.3) is 0 Å². The fourth-order valence-corrected chi connectivity index (χ4v) is 2.26. The zero-order chi connectivity index (χ0) is 15.9. The molecule has 0 bridgehead atoms. The highest BCUT2D eigenvalue weighted by molar-refractivity contribution is 7.88. The summed E-state index contributed by atoms with van der Waals surface area (Å²) in [6.45, 7) is 2.83. The van der Waals surface area contributed by atoms with Gasteiger partial charge >= 0.3 is 5.97 Å². The van der Waals surface area contributed by atoms with Gasteiger partial charge in [0.15, 0.2) is 0 Å². The number of anilines is 1. The topological polar surface area (TPSA) is 108 Å². The van der Waals surface area contributed by atoms with Crippen LogP contribution in [0.3, 0.4) is 0 Å². The lowest BCUT2D eigenvalue weighted by Crippen LogP contribution is -2.24. The zero-order valence-corrected chi connectivity index (χ0v) is 13.0. The second-order valence-electron chi connectivity index (χ2n) is 4.73. The van der Waals surface area contributed by atoms with Crippen molar-refractivity contribution in [1.29, 1.82) is 0 Å². The summed E-state index contributed by atoms with van der Waals surface area (Å²) < 4.78 is 24.2. The molecule has 0 aliphatic rings. The molecule has 1 rings (SSSR count). The third-order valence-electron chi connectivity index (χ3n) is 2.66. The standard InChI is InChI=1S/C13H21N3O4S/c1-3-5-11-8-10(13(17)18)9-12(16-11)14-6-4-7-15-21(2,19)20/h8-9,15H,3-7H2,1-2H3,(H,14,16)(H,17,18). The first-order valence-electron chi connectivity index (χ1n) is 6.74. The third kappa shape index (κ3) is 7.05. The number of sulfonamides is 1. The number of carbonyl (C=O) groups is 1. The Kier molecular flexibility index (Phi) is 6.57. The lowest BCUT2D eigenvalue weighted by Gasteiger charge is -2.09. The van der Waals surface area contributed by atoms with E-state index in [1.165, 1.54) is 6.07 Å². The third-order valence-corrected chi connectivity index (χ3v) is 3.38. The number of carboxylic acids is 1. The van der Waals surface area contributed by atoms with E-state index in [2.05, 4.69) is 15.0 Å². The molecule has 118 valence electrons. The van der Waals surface area contributed by atoms with E-state index in [4.69, 9.17) is 5.11 Å². The summed E-state index contributed by atoms with van der Waals surface area (Å²) in [4.78, 5) is 15.4. The van der Waals surface area contributed by atoms with Crippen molar-refractivity contribution in [3.8, 4) is 0 Å². The molecule has 3 N–H and O–H groups in total. The summed E-state index contributed by atoms with van der Waals surface area (Å²) in [5.74, 6) is -0.491. The minimum Gasteiger partial charge on any atom is -0.478 e. The molecule has 1 aromatic heterocycles. The Morgan fingerprint density at radius 1 is 1.33 bits per heavy atom. The number of nitrogens with zero attached hydrogens (tertiary/aromatic N) is 1. The van der Waals surface area contributed by atoms with E-state index in [1.807, 2.05) is 6.92 Å². The first kappa shape index (κ1) is 17.4. The molecule has 0 saturated heterocycles. The van der Waals surface area contributed by atoms with Crippen LogP contribution in [0.1, 0.15) is 35.8 Å². The van der Waals surface area contributed by atoms with Crippen LogP contribution in [-0.4, -0.2) is 43.8 Å². The van der Waals surface area contributed by atoms with Crippen LogP contribution in [0.15, 0.2) is 12.1 Å². The second kappa shape index (κ2) is 7.94. The van der Waals surface area contributed by atoms with Crippen LogP contribution in [0.2, 0.25) is 0 Å². The largest absolute Gasteiger partial charge is 0.478 e. The van der Waals surface area contributed by atoms with Crippen LogP contribution >= 0.6 is 0 Å². The summed E-state index contributed by atoms with van der Waals surface area (Å²) in [7, 11) is -3.17. The lowest BCUT2D eigenvalue weighted by molar-refractivity contribution is 0.0696. The summed E-state index contributed by atoms with van der Waals surface area (Å²) in [6.07, 6.45) is 3.28. The molecule has 0 amide bonds. The van der Waals surface area contributed by atoms with Gasteiger partial charge in [-0.15, -0.1) is 0 Å². The van der Waals surface area contributed by atoms with Crippen LogP contribution in [0, 0.1) is 0 Å². The number of rotatable bonds is 9. The van der Waals surface area contributed by atoms with Crippen LogP contribution in [-0.2, 0) is 16.4 Å². The molecule has 0 aliphatic carbocycles. The van der Waals surface area contributed by atoms with Gasteiger partial charge in [-0.2, -0.15) is 0 Å². The number of carboxylic acid groups (broad SMARTS) is 1. The Morgan fingerprint density at radius 2 is 2.05 bits per heavy atom. The first-order valence-corrected chi connectivity index (χ1v) is 8.63. The highest BCUT2D eigenvalue weighted by Gasteiger charge is 2.08. The van der Waals surface area contributed by atoms with Crippen molar-refractivity contribution in [1.82, 2.24) is 9.71 Å². The molecule has 21 heavy (non-hydrogen) atoms. The van der Waals surface area contributed by atoms with E-state index in [0.29, 0.717) is 31.7 Å². The number of hydrogen-bond acceptors (Lipinski definition) is 5.